The van der Waals surface area contributed by atoms with Gasteiger partial charge in [-0.25, -0.2) is 4.98 Å². The van der Waals surface area contributed by atoms with Gasteiger partial charge in [0.2, 0.25) is 0 Å². The van der Waals surface area contributed by atoms with Crippen LogP contribution in [0.5, 0.6) is 0 Å². The molecule has 3 N–H and O–H groups in total. The molecule has 1 aliphatic rings. The third kappa shape index (κ3) is 4.57. The molecule has 0 aromatic carbocycles. The van der Waals surface area contributed by atoms with Gasteiger partial charge in [0.05, 0.1) is 6.54 Å². The summed E-state index contributed by atoms with van der Waals surface area (Å²) >= 11 is 0. The third-order valence-corrected chi connectivity index (χ3v) is 4.14. The molecule has 4 nitrogen and oxygen atoms in total. The number of amides is 1. The molecule has 0 bridgehead atoms. The lowest BCUT2D eigenvalue weighted by molar-refractivity contribution is 0.0931. The highest BCUT2D eigenvalue weighted by atomic mass is 16.1. The van der Waals surface area contributed by atoms with E-state index in [0.717, 1.165) is 12.1 Å². The monoisotopic (exact) mass is 285 g/mol. The summed E-state index contributed by atoms with van der Waals surface area (Å²) in [5, 5.41) is 3.00. The van der Waals surface area contributed by atoms with Crippen LogP contribution in [0.15, 0.2) is 18.3 Å². The number of hydrogen-bond acceptors (Lipinski definition) is 3. The Labute approximate surface area is 126 Å². The largest absolute Gasteiger partial charge is 0.350 e. The molecule has 1 fully saturated rings. The van der Waals surface area contributed by atoms with Gasteiger partial charge in [-0.3, -0.25) is 4.79 Å². The normalized spacial score (nSPS) is 21.2. The van der Waals surface area contributed by atoms with Gasteiger partial charge in [-0.2, -0.15) is 0 Å². The van der Waals surface area contributed by atoms with E-state index in [4.69, 9.17) is 5.73 Å². The van der Waals surface area contributed by atoms with E-state index in [2.05, 4.69) is 29.1 Å². The second kappa shape index (κ2) is 7.80. The highest BCUT2D eigenvalue weighted by molar-refractivity contribution is 5.92. The van der Waals surface area contributed by atoms with Gasteiger partial charge in [-0.1, -0.05) is 38.0 Å². The maximum Gasteiger partial charge on any atom is 0.269 e. The lowest BCUT2D eigenvalue weighted by Gasteiger charge is -2.28. The van der Waals surface area contributed by atoms with Crippen LogP contribution in [-0.4, -0.2) is 24.0 Å². The smallest absolute Gasteiger partial charge is 0.269 e. The van der Waals surface area contributed by atoms with Crippen LogP contribution < -0.4 is 11.1 Å². The molecular formula is C17H23N3O. The van der Waals surface area contributed by atoms with Crippen molar-refractivity contribution in [1.82, 2.24) is 10.3 Å². The van der Waals surface area contributed by atoms with Crippen LogP contribution in [0.2, 0.25) is 0 Å². The van der Waals surface area contributed by atoms with Crippen molar-refractivity contribution in [2.45, 2.75) is 32.6 Å². The lowest BCUT2D eigenvalue weighted by Crippen LogP contribution is -2.33. The number of carbonyl (C=O) groups is 1. The Morgan fingerprint density at radius 1 is 1.43 bits per heavy atom. The summed E-state index contributed by atoms with van der Waals surface area (Å²) < 4.78 is 0. The molecule has 0 spiro atoms. The summed E-state index contributed by atoms with van der Waals surface area (Å²) in [4.78, 5) is 16.2. The molecule has 1 heterocycles. The first kappa shape index (κ1) is 15.5. The Morgan fingerprint density at radius 2 is 2.24 bits per heavy atom. The standard InChI is InChI=1S/C17H23N3O/c1-13-5-2-3-7-15(13)12-20-17(21)16-9-8-14(11-19-16)6-4-10-18/h8-9,11,13,15H,2-3,5,7,10,12,18H2,1H3,(H,20,21). The van der Waals surface area contributed by atoms with Crippen LogP contribution in [0.4, 0.5) is 0 Å². The van der Waals surface area contributed by atoms with Crippen molar-refractivity contribution in [2.24, 2.45) is 17.6 Å². The number of hydrogen-bond donors (Lipinski definition) is 2. The molecular weight excluding hydrogens is 262 g/mol. The van der Waals surface area contributed by atoms with Crippen molar-refractivity contribution in [3.8, 4) is 11.8 Å². The van der Waals surface area contributed by atoms with E-state index >= 15 is 0 Å². The molecule has 0 radical (unpaired) electrons. The first-order chi connectivity index (χ1) is 10.2. The minimum absolute atomic E-state index is 0.105. The zero-order valence-corrected chi connectivity index (χ0v) is 12.6. The first-order valence-electron chi connectivity index (χ1n) is 7.64. The topological polar surface area (TPSA) is 68.0 Å². The van der Waals surface area contributed by atoms with E-state index in [1.54, 1.807) is 18.3 Å². The molecule has 0 aliphatic heterocycles. The SMILES string of the molecule is CC1CCCCC1CNC(=O)c1ccc(C#CCN)cn1. The lowest BCUT2D eigenvalue weighted by atomic mass is 9.80. The number of rotatable bonds is 3. The average Bonchev–Trinajstić information content (AvgIpc) is 2.52. The van der Waals surface area contributed by atoms with Crippen molar-refractivity contribution in [2.75, 3.05) is 13.1 Å². The fraction of sp³-hybridized carbons (Fsp3) is 0.529. The van der Waals surface area contributed by atoms with Gasteiger partial charge in [0.25, 0.3) is 5.91 Å². The predicted molar refractivity (Wildman–Crippen MR) is 83.6 cm³/mol. The van der Waals surface area contributed by atoms with Gasteiger partial charge in [0.15, 0.2) is 0 Å². The van der Waals surface area contributed by atoms with Crippen molar-refractivity contribution in [1.29, 1.82) is 0 Å². The maximum absolute atomic E-state index is 12.1. The Bertz CT molecular complexity index is 527. The fourth-order valence-corrected chi connectivity index (χ4v) is 2.77. The van der Waals surface area contributed by atoms with Crippen LogP contribution in [0.25, 0.3) is 0 Å². The van der Waals surface area contributed by atoms with Gasteiger partial charge in [0.1, 0.15) is 5.69 Å². The Balaban J connectivity index is 1.88. The summed E-state index contributed by atoms with van der Waals surface area (Å²) in [6.07, 6.45) is 6.69. The minimum Gasteiger partial charge on any atom is -0.350 e. The molecule has 1 aliphatic carbocycles. The molecule has 2 unspecified atom stereocenters. The van der Waals surface area contributed by atoms with Crippen molar-refractivity contribution < 1.29 is 4.79 Å². The highest BCUT2D eigenvalue weighted by Gasteiger charge is 2.21. The zero-order valence-electron chi connectivity index (χ0n) is 12.6. The molecule has 2 rings (SSSR count). The van der Waals surface area contributed by atoms with Gasteiger partial charge in [0, 0.05) is 18.3 Å². The van der Waals surface area contributed by atoms with Crippen LogP contribution in [-0.2, 0) is 0 Å². The van der Waals surface area contributed by atoms with Gasteiger partial charge in [-0.15, -0.1) is 0 Å². The number of pyridine rings is 1. The second-order valence-electron chi connectivity index (χ2n) is 5.67. The van der Waals surface area contributed by atoms with Gasteiger partial charge in [-0.05, 0) is 30.4 Å². The molecule has 4 heteroatoms. The number of nitrogens with two attached hydrogens (primary N) is 1. The average molecular weight is 285 g/mol. The van der Waals surface area contributed by atoms with Crippen molar-refractivity contribution in [3.05, 3.63) is 29.6 Å². The molecule has 1 amide bonds. The quantitative estimate of drug-likeness (QED) is 0.834. The summed E-state index contributed by atoms with van der Waals surface area (Å²) in [5.41, 5.74) is 6.54. The molecule has 1 saturated carbocycles. The second-order valence-corrected chi connectivity index (χ2v) is 5.67. The van der Waals surface area contributed by atoms with E-state index in [-0.39, 0.29) is 5.91 Å². The highest BCUT2D eigenvalue weighted by Crippen LogP contribution is 2.28. The number of nitrogens with one attached hydrogen (secondary N) is 1. The molecule has 1 aromatic rings. The summed E-state index contributed by atoms with van der Waals surface area (Å²) in [6, 6.07) is 3.51. The van der Waals surface area contributed by atoms with Crippen LogP contribution in [0, 0.1) is 23.7 Å². The molecule has 21 heavy (non-hydrogen) atoms. The summed E-state index contributed by atoms with van der Waals surface area (Å²) in [7, 11) is 0. The fourth-order valence-electron chi connectivity index (χ4n) is 2.77. The van der Waals surface area contributed by atoms with Crippen LogP contribution in [0.1, 0.15) is 48.7 Å². The van der Waals surface area contributed by atoms with Crippen molar-refractivity contribution in [3.63, 3.8) is 0 Å². The number of carbonyl (C=O) groups excluding carboxylic acids is 1. The van der Waals surface area contributed by atoms with Gasteiger partial charge >= 0.3 is 0 Å². The van der Waals surface area contributed by atoms with Gasteiger partial charge < -0.3 is 11.1 Å². The Hall–Kier alpha value is -1.86. The molecule has 112 valence electrons. The summed E-state index contributed by atoms with van der Waals surface area (Å²) in [6.45, 7) is 3.34. The number of nitrogens with zero attached hydrogens (tertiary/aromatic N) is 1. The zero-order chi connectivity index (χ0) is 15.1. The van der Waals surface area contributed by atoms with Crippen molar-refractivity contribution >= 4 is 5.91 Å². The predicted octanol–water partition coefficient (Wildman–Crippen LogP) is 1.95. The maximum atomic E-state index is 12.1. The number of aromatic nitrogens is 1. The molecule has 1 aromatic heterocycles. The van der Waals surface area contributed by atoms with Crippen LogP contribution in [0.3, 0.4) is 0 Å². The minimum atomic E-state index is -0.105. The van der Waals surface area contributed by atoms with Crippen LogP contribution >= 0.6 is 0 Å². The molecule has 0 saturated heterocycles. The Morgan fingerprint density at radius 3 is 2.90 bits per heavy atom. The van der Waals surface area contributed by atoms with E-state index in [1.807, 2.05) is 0 Å². The van der Waals surface area contributed by atoms with E-state index < -0.39 is 0 Å². The Kier molecular flexibility index (Phi) is 5.77. The molecule has 2 atom stereocenters. The van der Waals surface area contributed by atoms with E-state index in [0.29, 0.717) is 24.1 Å². The van der Waals surface area contributed by atoms with E-state index in [9.17, 15) is 4.79 Å². The summed E-state index contributed by atoms with van der Waals surface area (Å²) in [5.74, 6) is 6.84. The first-order valence-corrected chi connectivity index (χ1v) is 7.64. The third-order valence-electron chi connectivity index (χ3n) is 4.14. The van der Waals surface area contributed by atoms with E-state index in [1.165, 1.54) is 25.7 Å².